The summed E-state index contributed by atoms with van der Waals surface area (Å²) in [5, 5.41) is 4.56. The maximum Gasteiger partial charge on any atom is 0.426 e. The molecule has 3 amide bonds. The Morgan fingerprint density at radius 2 is 2.04 bits per heavy atom. The largest absolute Gasteiger partial charge is 0.443 e. The molecule has 0 aliphatic carbocycles. The lowest BCUT2D eigenvalue weighted by atomic mass is 9.96. The van der Waals surface area contributed by atoms with Crippen LogP contribution >= 0.6 is 0 Å². The third-order valence-corrected chi connectivity index (χ3v) is 4.86. The van der Waals surface area contributed by atoms with E-state index < -0.39 is 17.7 Å². The summed E-state index contributed by atoms with van der Waals surface area (Å²) in [6.07, 6.45) is 3.25. The van der Waals surface area contributed by atoms with Gasteiger partial charge in [-0.05, 0) is 59.4 Å². The van der Waals surface area contributed by atoms with Crippen molar-refractivity contribution in [2.24, 2.45) is 5.92 Å². The first-order valence-corrected chi connectivity index (χ1v) is 9.83. The Hall–Kier alpha value is -1.83. The molecule has 1 aliphatic heterocycles. The molecule has 0 aromatic rings. The minimum atomic E-state index is -0.675. The van der Waals surface area contributed by atoms with E-state index in [-0.39, 0.29) is 6.03 Å². The standard InChI is InChI=1S/C19H36N4O4/c1-7-16(20-6)14(2)10-12-23(21-17(25)27-19(3,4)5)18(26)22-11-8-9-15(22)13-24/h13-16,20H,7-12H2,1-6H3,(H,21,25). The quantitative estimate of drug-likeness (QED) is 0.520. The van der Waals surface area contributed by atoms with E-state index in [0.29, 0.717) is 37.9 Å². The first kappa shape index (κ1) is 23.2. The second-order valence-electron chi connectivity index (χ2n) is 8.16. The summed E-state index contributed by atoms with van der Waals surface area (Å²) in [5.41, 5.74) is 1.91. The summed E-state index contributed by atoms with van der Waals surface area (Å²) >= 11 is 0. The van der Waals surface area contributed by atoms with Crippen LogP contribution < -0.4 is 10.7 Å². The molecule has 3 atom stereocenters. The lowest BCUT2D eigenvalue weighted by molar-refractivity contribution is -0.111. The third-order valence-electron chi connectivity index (χ3n) is 4.86. The predicted molar refractivity (Wildman–Crippen MR) is 104 cm³/mol. The normalized spacial score (nSPS) is 19.3. The lowest BCUT2D eigenvalue weighted by Crippen LogP contribution is -2.55. The number of urea groups is 1. The van der Waals surface area contributed by atoms with Gasteiger partial charge in [-0.1, -0.05) is 13.8 Å². The fourth-order valence-corrected chi connectivity index (χ4v) is 3.36. The van der Waals surface area contributed by atoms with Crippen LogP contribution in [0.1, 0.15) is 60.3 Å². The van der Waals surface area contributed by atoms with Gasteiger partial charge in [0.15, 0.2) is 0 Å². The number of carbonyl (C=O) groups is 3. The summed E-state index contributed by atoms with van der Waals surface area (Å²) in [7, 11) is 1.92. The highest BCUT2D eigenvalue weighted by Crippen LogP contribution is 2.18. The van der Waals surface area contributed by atoms with Crippen molar-refractivity contribution in [3.05, 3.63) is 0 Å². The molecule has 1 fully saturated rings. The van der Waals surface area contributed by atoms with E-state index in [1.165, 1.54) is 9.91 Å². The Labute approximate surface area is 162 Å². The van der Waals surface area contributed by atoms with Crippen LogP contribution in [-0.4, -0.2) is 66.1 Å². The number of amides is 3. The SMILES string of the molecule is CCC(NC)C(C)CCN(NC(=O)OC(C)(C)C)C(=O)N1CCCC1C=O. The van der Waals surface area contributed by atoms with Crippen molar-refractivity contribution < 1.29 is 19.1 Å². The van der Waals surface area contributed by atoms with Crippen molar-refractivity contribution in [1.82, 2.24) is 20.7 Å². The number of hydrogen-bond acceptors (Lipinski definition) is 5. The van der Waals surface area contributed by atoms with Crippen LogP contribution in [0, 0.1) is 5.92 Å². The summed E-state index contributed by atoms with van der Waals surface area (Å²) in [6.45, 7) is 10.4. The van der Waals surface area contributed by atoms with Crippen LogP contribution in [0.4, 0.5) is 9.59 Å². The monoisotopic (exact) mass is 384 g/mol. The molecule has 0 bridgehead atoms. The maximum atomic E-state index is 12.9. The summed E-state index contributed by atoms with van der Waals surface area (Å²) < 4.78 is 5.29. The van der Waals surface area contributed by atoms with E-state index in [1.807, 2.05) is 7.05 Å². The average Bonchev–Trinajstić information content (AvgIpc) is 3.06. The Balaban J connectivity index is 2.83. The smallest absolute Gasteiger partial charge is 0.426 e. The van der Waals surface area contributed by atoms with E-state index in [0.717, 1.165) is 19.1 Å². The molecule has 1 rings (SSSR count). The van der Waals surface area contributed by atoms with Crippen LogP contribution in [-0.2, 0) is 9.53 Å². The molecule has 156 valence electrons. The fourth-order valence-electron chi connectivity index (χ4n) is 3.36. The minimum Gasteiger partial charge on any atom is -0.443 e. The number of carbonyl (C=O) groups excluding carboxylic acids is 3. The predicted octanol–water partition coefficient (Wildman–Crippen LogP) is 2.54. The Kier molecular flexibility index (Phi) is 9.02. The van der Waals surface area contributed by atoms with Crippen LogP contribution in [0.2, 0.25) is 0 Å². The van der Waals surface area contributed by atoms with Crippen molar-refractivity contribution >= 4 is 18.4 Å². The molecule has 8 heteroatoms. The molecule has 1 heterocycles. The van der Waals surface area contributed by atoms with Crippen molar-refractivity contribution in [3.63, 3.8) is 0 Å². The second-order valence-corrected chi connectivity index (χ2v) is 8.16. The highest BCUT2D eigenvalue weighted by Gasteiger charge is 2.33. The Morgan fingerprint density at radius 3 is 2.56 bits per heavy atom. The topological polar surface area (TPSA) is 91.0 Å². The van der Waals surface area contributed by atoms with Gasteiger partial charge < -0.3 is 19.7 Å². The molecule has 27 heavy (non-hydrogen) atoms. The van der Waals surface area contributed by atoms with E-state index in [2.05, 4.69) is 24.6 Å². The fraction of sp³-hybridized carbons (Fsp3) is 0.842. The van der Waals surface area contributed by atoms with Crippen LogP contribution in [0.15, 0.2) is 0 Å². The number of hydrazine groups is 1. The van der Waals surface area contributed by atoms with E-state index in [4.69, 9.17) is 4.74 Å². The molecule has 0 aromatic carbocycles. The highest BCUT2D eigenvalue weighted by molar-refractivity contribution is 5.81. The van der Waals surface area contributed by atoms with Crippen LogP contribution in [0.25, 0.3) is 0 Å². The molecular formula is C19H36N4O4. The van der Waals surface area contributed by atoms with E-state index >= 15 is 0 Å². The number of aldehydes is 1. The van der Waals surface area contributed by atoms with Gasteiger partial charge in [0, 0.05) is 19.1 Å². The van der Waals surface area contributed by atoms with Crippen LogP contribution in [0.5, 0.6) is 0 Å². The highest BCUT2D eigenvalue weighted by atomic mass is 16.6. The Bertz CT molecular complexity index is 502. The molecule has 3 unspecified atom stereocenters. The third kappa shape index (κ3) is 7.36. The number of hydrogen-bond donors (Lipinski definition) is 2. The molecule has 1 aliphatic rings. The lowest BCUT2D eigenvalue weighted by Gasteiger charge is -2.32. The number of nitrogens with one attached hydrogen (secondary N) is 2. The van der Waals surface area contributed by atoms with Crippen molar-refractivity contribution in [3.8, 4) is 0 Å². The molecule has 0 spiro atoms. The summed E-state index contributed by atoms with van der Waals surface area (Å²) in [4.78, 5) is 37.9. The second kappa shape index (κ2) is 10.5. The molecule has 1 saturated heterocycles. The van der Waals surface area contributed by atoms with Gasteiger partial charge in [0.1, 0.15) is 11.9 Å². The number of rotatable bonds is 7. The zero-order chi connectivity index (χ0) is 20.6. The molecule has 2 N–H and O–H groups in total. The zero-order valence-electron chi connectivity index (χ0n) is 17.6. The summed E-state index contributed by atoms with van der Waals surface area (Å²) in [6, 6.07) is -0.461. The van der Waals surface area contributed by atoms with Crippen molar-refractivity contribution in [1.29, 1.82) is 0 Å². The number of nitrogens with zero attached hydrogens (tertiary/aromatic N) is 2. The maximum absolute atomic E-state index is 12.9. The van der Waals surface area contributed by atoms with E-state index in [9.17, 15) is 14.4 Å². The summed E-state index contributed by atoms with van der Waals surface area (Å²) in [5.74, 6) is 0.316. The number of likely N-dealkylation sites (tertiary alicyclic amines) is 1. The minimum absolute atomic E-state index is 0.316. The van der Waals surface area contributed by atoms with Gasteiger partial charge in [-0.2, -0.15) is 0 Å². The molecular weight excluding hydrogens is 348 g/mol. The number of ether oxygens (including phenoxy) is 1. The van der Waals surface area contributed by atoms with Crippen molar-refractivity contribution in [2.45, 2.75) is 78.0 Å². The van der Waals surface area contributed by atoms with Gasteiger partial charge >= 0.3 is 12.1 Å². The first-order valence-electron chi connectivity index (χ1n) is 9.83. The average molecular weight is 385 g/mol. The van der Waals surface area contributed by atoms with Gasteiger partial charge in [-0.3, -0.25) is 0 Å². The van der Waals surface area contributed by atoms with Crippen LogP contribution in [0.3, 0.4) is 0 Å². The zero-order valence-corrected chi connectivity index (χ0v) is 17.6. The molecule has 0 saturated carbocycles. The first-order chi connectivity index (χ1) is 12.6. The van der Waals surface area contributed by atoms with Gasteiger partial charge in [-0.15, -0.1) is 0 Å². The molecule has 8 nitrogen and oxygen atoms in total. The molecule has 0 aromatic heterocycles. The van der Waals surface area contributed by atoms with E-state index in [1.54, 1.807) is 20.8 Å². The van der Waals surface area contributed by atoms with Gasteiger partial charge in [-0.25, -0.2) is 20.0 Å². The van der Waals surface area contributed by atoms with Gasteiger partial charge in [0.2, 0.25) is 0 Å². The molecule has 0 radical (unpaired) electrons. The van der Waals surface area contributed by atoms with Crippen molar-refractivity contribution in [2.75, 3.05) is 20.1 Å². The van der Waals surface area contributed by atoms with Gasteiger partial charge in [0.25, 0.3) is 0 Å². The van der Waals surface area contributed by atoms with Gasteiger partial charge in [0.05, 0.1) is 6.04 Å². The Morgan fingerprint density at radius 1 is 1.37 bits per heavy atom.